The third-order valence-electron chi connectivity index (χ3n) is 8.25. The summed E-state index contributed by atoms with van der Waals surface area (Å²) in [7, 11) is 0. The minimum atomic E-state index is -4.33. The number of carbonyl (C=O) groups excluding carboxylic acids is 1. The van der Waals surface area contributed by atoms with Crippen LogP contribution in [0, 0.1) is 18.8 Å². The van der Waals surface area contributed by atoms with Gasteiger partial charge in [0.05, 0.1) is 5.56 Å². The molecule has 4 nitrogen and oxygen atoms in total. The van der Waals surface area contributed by atoms with Crippen molar-refractivity contribution in [3.8, 4) is 17.6 Å². The third kappa shape index (κ3) is 14.7. The van der Waals surface area contributed by atoms with Crippen LogP contribution in [0.25, 0.3) is 0 Å². The minimum absolute atomic E-state index is 0.240. The molecule has 262 valence electrons. The van der Waals surface area contributed by atoms with Crippen molar-refractivity contribution in [1.29, 1.82) is 0 Å². The van der Waals surface area contributed by atoms with Crippen molar-refractivity contribution < 1.29 is 22.7 Å². The summed E-state index contributed by atoms with van der Waals surface area (Å²) >= 11 is 0. The molecule has 2 heterocycles. The average Bonchev–Trinajstić information content (AvgIpc) is 3.54. The highest BCUT2D eigenvalue weighted by atomic mass is 19.4. The van der Waals surface area contributed by atoms with Gasteiger partial charge >= 0.3 is 6.18 Å². The average molecular weight is 665 g/mol. The molecule has 3 aromatic carbocycles. The first-order valence-electron chi connectivity index (χ1n) is 17.5. The second kappa shape index (κ2) is 22.1. The number of carbonyl (C=O) groups is 1. The number of aldehydes is 1. The van der Waals surface area contributed by atoms with Crippen LogP contribution in [-0.2, 0) is 17.5 Å². The molecule has 0 bridgehead atoms. The van der Waals surface area contributed by atoms with E-state index < -0.39 is 11.7 Å². The van der Waals surface area contributed by atoms with Crippen molar-refractivity contribution in [3.05, 3.63) is 101 Å². The maximum atomic E-state index is 12.7. The number of piperidine rings is 1. The predicted octanol–water partition coefficient (Wildman–Crippen LogP) is 9.96. The monoisotopic (exact) mass is 664 g/mol. The maximum absolute atomic E-state index is 12.7. The quantitative estimate of drug-likeness (QED) is 0.186. The van der Waals surface area contributed by atoms with Gasteiger partial charge in [0.1, 0.15) is 18.1 Å². The van der Waals surface area contributed by atoms with Gasteiger partial charge in [-0.15, -0.1) is 0 Å². The van der Waals surface area contributed by atoms with E-state index in [0.717, 1.165) is 68.2 Å². The molecular formula is C41H55F3N2O2. The normalized spacial score (nSPS) is 16.5. The van der Waals surface area contributed by atoms with Crippen molar-refractivity contribution >= 4 is 6.29 Å². The number of rotatable bonds is 7. The van der Waals surface area contributed by atoms with E-state index in [9.17, 15) is 13.2 Å². The topological polar surface area (TPSA) is 32.8 Å². The van der Waals surface area contributed by atoms with E-state index in [2.05, 4.69) is 60.6 Å². The Morgan fingerprint density at radius 2 is 1.52 bits per heavy atom. The molecule has 0 saturated carbocycles. The summed E-state index contributed by atoms with van der Waals surface area (Å²) in [5.41, 5.74) is 3.12. The van der Waals surface area contributed by atoms with E-state index in [1.54, 1.807) is 0 Å². The molecule has 0 aromatic heterocycles. The molecule has 0 spiro atoms. The summed E-state index contributed by atoms with van der Waals surface area (Å²) < 4.78 is 44.2. The summed E-state index contributed by atoms with van der Waals surface area (Å²) in [6.45, 7) is 17.5. The van der Waals surface area contributed by atoms with Gasteiger partial charge in [0.2, 0.25) is 0 Å². The summed E-state index contributed by atoms with van der Waals surface area (Å²) in [6.07, 6.45) is 4.27. The SMILES string of the molecule is CC.CC=O.CCCC1CCCN1CC.Cc1cccc(OC2CCN(Cc3cccc(C#Cc4ccc(C(F)(F)F)cc4)c3)CC2)c1. The summed E-state index contributed by atoms with van der Waals surface area (Å²) in [6, 6.07) is 22.1. The minimum Gasteiger partial charge on any atom is -0.490 e. The van der Waals surface area contributed by atoms with Crippen LogP contribution in [0.1, 0.15) is 101 Å². The first-order valence-corrected chi connectivity index (χ1v) is 17.5. The number of benzene rings is 3. The van der Waals surface area contributed by atoms with E-state index in [4.69, 9.17) is 9.53 Å². The number of nitrogens with zero attached hydrogens (tertiary/aromatic N) is 2. The predicted molar refractivity (Wildman–Crippen MR) is 192 cm³/mol. The van der Waals surface area contributed by atoms with Gasteiger partial charge in [-0.1, -0.05) is 70.2 Å². The number of ether oxygens (including phenoxy) is 1. The van der Waals surface area contributed by atoms with Crippen molar-refractivity contribution in [2.75, 3.05) is 26.2 Å². The maximum Gasteiger partial charge on any atom is 0.416 e. The second-order valence-corrected chi connectivity index (χ2v) is 11.9. The number of aryl methyl sites for hydroxylation is 1. The van der Waals surface area contributed by atoms with Gasteiger partial charge in [-0.05, 0) is 119 Å². The highest BCUT2D eigenvalue weighted by Crippen LogP contribution is 2.29. The molecule has 0 N–H and O–H groups in total. The number of halogens is 3. The highest BCUT2D eigenvalue weighted by molar-refractivity contribution is 5.45. The zero-order valence-corrected chi connectivity index (χ0v) is 29.8. The Kier molecular flexibility index (Phi) is 18.7. The molecule has 2 saturated heterocycles. The molecule has 0 radical (unpaired) electrons. The van der Waals surface area contributed by atoms with Crippen LogP contribution >= 0.6 is 0 Å². The van der Waals surface area contributed by atoms with Crippen molar-refractivity contribution in [3.63, 3.8) is 0 Å². The fraction of sp³-hybridized carbons (Fsp3) is 0.488. The highest BCUT2D eigenvalue weighted by Gasteiger charge is 2.29. The molecule has 2 aliphatic rings. The molecule has 7 heteroatoms. The van der Waals surface area contributed by atoms with Crippen molar-refractivity contribution in [2.45, 2.75) is 105 Å². The van der Waals surface area contributed by atoms with Crippen LogP contribution in [-0.4, -0.2) is 54.4 Å². The Bertz CT molecular complexity index is 1390. The van der Waals surface area contributed by atoms with Crippen molar-refractivity contribution in [2.24, 2.45) is 0 Å². The molecule has 5 rings (SSSR count). The lowest BCUT2D eigenvalue weighted by Crippen LogP contribution is -2.37. The first kappa shape index (κ1) is 40.6. The van der Waals surface area contributed by atoms with Gasteiger partial charge in [-0.25, -0.2) is 0 Å². The van der Waals surface area contributed by atoms with E-state index in [1.807, 2.05) is 44.2 Å². The number of likely N-dealkylation sites (tertiary alicyclic amines) is 2. The molecule has 0 aliphatic carbocycles. The van der Waals surface area contributed by atoms with Crippen LogP contribution in [0.2, 0.25) is 0 Å². The third-order valence-corrected chi connectivity index (χ3v) is 8.25. The fourth-order valence-corrected chi connectivity index (χ4v) is 5.93. The lowest BCUT2D eigenvalue weighted by atomic mass is 10.1. The second-order valence-electron chi connectivity index (χ2n) is 11.9. The van der Waals surface area contributed by atoms with Gasteiger partial charge in [0.15, 0.2) is 0 Å². The van der Waals surface area contributed by atoms with Crippen LogP contribution < -0.4 is 4.74 Å². The zero-order valence-electron chi connectivity index (χ0n) is 29.8. The Balaban J connectivity index is 0.000000446. The van der Waals surface area contributed by atoms with Crippen LogP contribution in [0.3, 0.4) is 0 Å². The van der Waals surface area contributed by atoms with Gasteiger partial charge in [0, 0.05) is 36.8 Å². The summed E-state index contributed by atoms with van der Waals surface area (Å²) in [4.78, 5) is 13.8. The van der Waals surface area contributed by atoms with E-state index in [0.29, 0.717) is 5.56 Å². The molecular weight excluding hydrogens is 609 g/mol. The number of hydrogen-bond acceptors (Lipinski definition) is 4. The Morgan fingerprint density at radius 1 is 0.875 bits per heavy atom. The smallest absolute Gasteiger partial charge is 0.416 e. The standard InChI is InChI=1S/C28H26F3NO.C9H19N.C2H4O.C2H6/c1-21-4-2-7-27(18-21)33-26-14-16-32(17-15-26)20-24-6-3-5-23(19-24)9-8-22-10-12-25(13-11-22)28(29,30)31;1-3-6-9-7-5-8-10(9)4-2;1-2-3;1-2/h2-7,10-13,18-19,26H,14-17,20H2,1H3;9H,3-8H2,1-2H3;2H,1H3;1-2H3. The number of alkyl halides is 3. The molecule has 1 unspecified atom stereocenters. The van der Waals surface area contributed by atoms with Gasteiger partial charge < -0.3 is 14.4 Å². The summed E-state index contributed by atoms with van der Waals surface area (Å²) in [5.74, 6) is 6.96. The van der Waals surface area contributed by atoms with Crippen LogP contribution in [0.5, 0.6) is 5.75 Å². The Labute approximate surface area is 287 Å². The van der Waals surface area contributed by atoms with Crippen molar-refractivity contribution in [1.82, 2.24) is 9.80 Å². The fourth-order valence-electron chi connectivity index (χ4n) is 5.93. The van der Waals surface area contributed by atoms with Crippen LogP contribution in [0.4, 0.5) is 13.2 Å². The van der Waals surface area contributed by atoms with Crippen LogP contribution in [0.15, 0.2) is 72.8 Å². The molecule has 3 aromatic rings. The molecule has 0 amide bonds. The molecule has 1 atom stereocenters. The largest absolute Gasteiger partial charge is 0.490 e. The van der Waals surface area contributed by atoms with E-state index >= 15 is 0 Å². The van der Waals surface area contributed by atoms with Gasteiger partial charge in [-0.3, -0.25) is 4.90 Å². The summed E-state index contributed by atoms with van der Waals surface area (Å²) in [5, 5.41) is 0. The molecule has 48 heavy (non-hydrogen) atoms. The lowest BCUT2D eigenvalue weighted by molar-refractivity contribution is -0.137. The Hall–Kier alpha value is -3.60. The van der Waals surface area contributed by atoms with E-state index in [1.165, 1.54) is 69.0 Å². The molecule has 2 fully saturated rings. The van der Waals surface area contributed by atoms with Gasteiger partial charge in [0.25, 0.3) is 0 Å². The lowest BCUT2D eigenvalue weighted by Gasteiger charge is -2.32. The first-order chi connectivity index (χ1) is 23.1. The Morgan fingerprint density at radius 3 is 2.12 bits per heavy atom. The zero-order chi connectivity index (χ0) is 35.4. The van der Waals surface area contributed by atoms with E-state index in [-0.39, 0.29) is 6.10 Å². The number of hydrogen-bond donors (Lipinski definition) is 0. The molecule has 2 aliphatic heterocycles. The van der Waals surface area contributed by atoms with Gasteiger partial charge in [-0.2, -0.15) is 13.2 Å².